The molecule has 38 heavy (non-hydrogen) atoms. The van der Waals surface area contributed by atoms with Crippen molar-refractivity contribution in [3.63, 3.8) is 0 Å². The summed E-state index contributed by atoms with van der Waals surface area (Å²) < 4.78 is 28.2. The highest BCUT2D eigenvalue weighted by Crippen LogP contribution is 2.29. The van der Waals surface area contributed by atoms with Gasteiger partial charge in [0.05, 0.1) is 11.4 Å². The lowest BCUT2D eigenvalue weighted by Gasteiger charge is -2.30. The van der Waals surface area contributed by atoms with Gasteiger partial charge >= 0.3 is 0 Å². The summed E-state index contributed by atoms with van der Waals surface area (Å²) in [5.74, 6) is -1.61. The lowest BCUT2D eigenvalue weighted by molar-refractivity contribution is -0.143. The number of hydrogen-bond acceptors (Lipinski definition) is 6. The van der Waals surface area contributed by atoms with E-state index in [1.807, 2.05) is 0 Å². The fourth-order valence-corrected chi connectivity index (χ4v) is 7.00. The van der Waals surface area contributed by atoms with E-state index in [0.29, 0.717) is 17.0 Å². The van der Waals surface area contributed by atoms with Gasteiger partial charge in [0.2, 0.25) is 27.7 Å². The number of halogens is 1. The summed E-state index contributed by atoms with van der Waals surface area (Å²) in [7, 11) is -2.55. The summed E-state index contributed by atoms with van der Waals surface area (Å²) in [4.78, 5) is 43.7. The Morgan fingerprint density at radius 2 is 1.76 bits per heavy atom. The number of carbonyl (C=O) groups excluding carboxylic acids is 3. The molecule has 0 spiro atoms. The molecule has 0 aromatic heterocycles. The van der Waals surface area contributed by atoms with Crippen LogP contribution in [-0.2, 0) is 24.4 Å². The minimum atomic E-state index is -4.27. The number of carbonyl (C=O) groups is 3. The summed E-state index contributed by atoms with van der Waals surface area (Å²) in [6.45, 7) is 4.56. The van der Waals surface area contributed by atoms with E-state index in [2.05, 4.69) is 4.90 Å². The minimum absolute atomic E-state index is 0.0643. The van der Waals surface area contributed by atoms with Crippen molar-refractivity contribution in [2.45, 2.75) is 43.2 Å². The number of sulfonamides is 1. The molecule has 2 aromatic carbocycles. The fraction of sp³-hybridized carbons (Fsp3) is 0.500. The number of benzene rings is 2. The summed E-state index contributed by atoms with van der Waals surface area (Å²) >= 11 is 6.04. The van der Waals surface area contributed by atoms with Gasteiger partial charge in [-0.15, -0.1) is 0 Å². The normalized spacial score (nSPS) is 19.4. The largest absolute Gasteiger partial charge is 0.369 e. The molecule has 0 unspecified atom stereocenters. The number of nitrogens with two attached hydrogens (primary N) is 1. The Balaban J connectivity index is 1.52. The van der Waals surface area contributed by atoms with Crippen LogP contribution in [0.4, 0.5) is 0 Å². The van der Waals surface area contributed by atoms with Crippen molar-refractivity contribution >= 4 is 50.1 Å². The second-order valence-corrected chi connectivity index (χ2v) is 12.3. The molecule has 0 saturated carbocycles. The molecule has 206 valence electrons. The molecule has 2 aliphatic rings. The second-order valence-electron chi connectivity index (χ2n) is 9.99. The molecule has 4 rings (SSSR count). The van der Waals surface area contributed by atoms with Gasteiger partial charge < -0.3 is 20.4 Å². The first-order chi connectivity index (χ1) is 18.0. The fourth-order valence-electron chi connectivity index (χ4n) is 5.21. The quantitative estimate of drug-likeness (QED) is 0.467. The van der Waals surface area contributed by atoms with Crippen LogP contribution in [0.5, 0.6) is 0 Å². The average Bonchev–Trinajstić information content (AvgIpc) is 3.54. The van der Waals surface area contributed by atoms with Gasteiger partial charge in [-0.1, -0.05) is 23.7 Å². The van der Waals surface area contributed by atoms with E-state index in [9.17, 15) is 22.8 Å². The van der Waals surface area contributed by atoms with E-state index < -0.39 is 40.5 Å². The van der Waals surface area contributed by atoms with Gasteiger partial charge in [0.1, 0.15) is 12.1 Å². The van der Waals surface area contributed by atoms with Crippen molar-refractivity contribution in [2.75, 3.05) is 46.3 Å². The van der Waals surface area contributed by atoms with E-state index in [1.54, 1.807) is 43.1 Å². The van der Waals surface area contributed by atoms with Crippen LogP contribution in [0, 0.1) is 0 Å². The van der Waals surface area contributed by atoms with Crippen LogP contribution in [0.1, 0.15) is 26.2 Å². The van der Waals surface area contributed by atoms with Crippen molar-refractivity contribution in [1.29, 1.82) is 0 Å². The van der Waals surface area contributed by atoms with Gasteiger partial charge in [0, 0.05) is 31.7 Å². The molecule has 2 atom stereocenters. The van der Waals surface area contributed by atoms with E-state index in [0.717, 1.165) is 42.2 Å². The van der Waals surface area contributed by atoms with Crippen LogP contribution >= 0.6 is 11.6 Å². The number of likely N-dealkylation sites (tertiary alicyclic amines) is 2. The third kappa shape index (κ3) is 5.96. The van der Waals surface area contributed by atoms with Crippen LogP contribution in [0.2, 0.25) is 5.02 Å². The summed E-state index contributed by atoms with van der Waals surface area (Å²) in [6.07, 6.45) is 2.47. The van der Waals surface area contributed by atoms with Crippen molar-refractivity contribution in [3.05, 3.63) is 41.4 Å². The average molecular weight is 564 g/mol. The van der Waals surface area contributed by atoms with Crippen LogP contribution in [0.3, 0.4) is 0 Å². The maximum atomic E-state index is 13.7. The monoisotopic (exact) mass is 563 g/mol. The first-order valence-corrected chi connectivity index (χ1v) is 14.6. The van der Waals surface area contributed by atoms with Crippen LogP contribution in [-0.4, -0.2) is 104 Å². The molecule has 2 saturated heterocycles. The summed E-state index contributed by atoms with van der Waals surface area (Å²) in [5.41, 5.74) is 5.41. The molecule has 2 aliphatic heterocycles. The first-order valence-electron chi connectivity index (χ1n) is 12.8. The minimum Gasteiger partial charge on any atom is -0.369 e. The highest BCUT2D eigenvalue weighted by Gasteiger charge is 2.45. The van der Waals surface area contributed by atoms with Crippen LogP contribution in [0.25, 0.3) is 10.8 Å². The molecule has 2 fully saturated rings. The topological polar surface area (TPSA) is 124 Å². The maximum Gasteiger partial charge on any atom is 0.244 e. The number of amides is 3. The molecule has 10 nitrogen and oxygen atoms in total. The highest BCUT2D eigenvalue weighted by atomic mass is 35.5. The van der Waals surface area contributed by atoms with Gasteiger partial charge in [0.25, 0.3) is 0 Å². The molecule has 12 heteroatoms. The third-order valence-corrected chi connectivity index (χ3v) is 9.49. The van der Waals surface area contributed by atoms with Crippen molar-refractivity contribution in [2.24, 2.45) is 5.73 Å². The molecule has 2 N–H and O–H groups in total. The van der Waals surface area contributed by atoms with E-state index in [1.165, 1.54) is 17.0 Å². The Bertz CT molecular complexity index is 1330. The van der Waals surface area contributed by atoms with Gasteiger partial charge in [-0.2, -0.15) is 4.31 Å². The van der Waals surface area contributed by atoms with Gasteiger partial charge in [0.15, 0.2) is 0 Å². The molecular formula is C26H34ClN5O5S. The third-order valence-electron chi connectivity index (χ3n) is 7.40. The zero-order chi connectivity index (χ0) is 27.6. The predicted molar refractivity (Wildman–Crippen MR) is 145 cm³/mol. The maximum absolute atomic E-state index is 13.7. The van der Waals surface area contributed by atoms with Gasteiger partial charge in [-0.25, -0.2) is 8.42 Å². The number of hydrogen-bond donors (Lipinski definition) is 1. The Hall–Kier alpha value is -2.73. The standard InChI is InChI=1S/C26H34ClN5O5S/c1-18(25(34)29(2)13-14-30-10-3-4-11-30)31-12-9-23(26(31)35)32(17-24(28)33)38(36,37)22-8-6-19-15-21(27)7-5-20(19)16-22/h5-8,15-16,18,23H,3-4,9-14,17H2,1-2H3,(H2,28,33)/t18-,23-/m0/s1. The zero-order valence-corrected chi connectivity index (χ0v) is 23.2. The predicted octanol–water partition coefficient (Wildman–Crippen LogP) is 1.51. The number of rotatable bonds is 10. The van der Waals surface area contributed by atoms with E-state index >= 15 is 0 Å². The molecule has 0 aliphatic carbocycles. The number of nitrogens with zero attached hydrogens (tertiary/aromatic N) is 4. The second kappa shape index (κ2) is 11.6. The molecular weight excluding hydrogens is 530 g/mol. The Labute approximate surface area is 228 Å². The SMILES string of the molecule is C[C@@H](C(=O)N(C)CCN1CCCC1)N1CC[C@H](N(CC(N)=O)S(=O)(=O)c2ccc3cc(Cl)ccc3c2)C1=O. The Morgan fingerprint density at radius 1 is 1.11 bits per heavy atom. The Kier molecular flexibility index (Phi) is 8.61. The lowest BCUT2D eigenvalue weighted by Crippen LogP contribution is -2.52. The molecule has 2 aromatic rings. The first kappa shape index (κ1) is 28.3. The molecule has 3 amide bonds. The van der Waals surface area contributed by atoms with Crippen LogP contribution in [0.15, 0.2) is 41.3 Å². The highest BCUT2D eigenvalue weighted by molar-refractivity contribution is 7.89. The summed E-state index contributed by atoms with van der Waals surface area (Å²) in [5, 5.41) is 1.91. The number of likely N-dealkylation sites (N-methyl/N-ethyl adjacent to an activating group) is 1. The Morgan fingerprint density at radius 3 is 2.45 bits per heavy atom. The van der Waals surface area contributed by atoms with Crippen LogP contribution < -0.4 is 5.73 Å². The van der Waals surface area contributed by atoms with Gasteiger partial charge in [-0.3, -0.25) is 14.4 Å². The number of primary amides is 1. The van der Waals surface area contributed by atoms with Crippen molar-refractivity contribution < 1.29 is 22.8 Å². The molecule has 0 bridgehead atoms. The van der Waals surface area contributed by atoms with Crippen molar-refractivity contribution in [3.8, 4) is 0 Å². The van der Waals surface area contributed by atoms with E-state index in [4.69, 9.17) is 17.3 Å². The van der Waals surface area contributed by atoms with Gasteiger partial charge in [-0.05, 0) is 74.3 Å². The molecule has 2 heterocycles. The lowest BCUT2D eigenvalue weighted by atomic mass is 10.1. The zero-order valence-electron chi connectivity index (χ0n) is 21.7. The smallest absolute Gasteiger partial charge is 0.244 e. The molecule has 0 radical (unpaired) electrons. The van der Waals surface area contributed by atoms with Crippen molar-refractivity contribution in [1.82, 2.24) is 19.0 Å². The number of fused-ring (bicyclic) bond motifs is 1. The summed E-state index contributed by atoms with van der Waals surface area (Å²) in [6, 6.07) is 7.68. The van der Waals surface area contributed by atoms with E-state index in [-0.39, 0.29) is 23.8 Å².